The highest BCUT2D eigenvalue weighted by Gasteiger charge is 2.43. The van der Waals surface area contributed by atoms with Gasteiger partial charge in [0.05, 0.1) is 4.95 Å². The van der Waals surface area contributed by atoms with Gasteiger partial charge in [-0.15, -0.1) is 0 Å². The summed E-state index contributed by atoms with van der Waals surface area (Å²) in [7, 11) is 0. The van der Waals surface area contributed by atoms with Crippen LogP contribution in [0.5, 0.6) is 0 Å². The second-order valence-corrected chi connectivity index (χ2v) is 7.49. The molecule has 1 atom stereocenters. The Morgan fingerprint density at radius 3 is 2.28 bits per heavy atom. The molecule has 6 nitrogen and oxygen atoms in total. The number of unbranched alkanes of at least 4 members (excludes halogenated alkanes) is 1. The number of carbonyl (C=O) groups is 2. The van der Waals surface area contributed by atoms with Gasteiger partial charge in [0.2, 0.25) is 0 Å². The van der Waals surface area contributed by atoms with Crippen molar-refractivity contribution in [3.63, 3.8) is 0 Å². The molecule has 1 unspecified atom stereocenters. The zero-order chi connectivity index (χ0) is 19.7. The second-order valence-electron chi connectivity index (χ2n) is 6.43. The molecule has 148 valence electrons. The number of carbonyl (C=O) groups excluding carboxylic acids is 2. The van der Waals surface area contributed by atoms with Crippen molar-refractivity contribution in [1.29, 1.82) is 0 Å². The van der Waals surface area contributed by atoms with Gasteiger partial charge in [-0.25, -0.2) is 4.79 Å². The highest BCUT2D eigenvalue weighted by atomic mass is 79.9. The molecule has 0 rings (SSSR count). The van der Waals surface area contributed by atoms with Gasteiger partial charge in [-0.3, -0.25) is 4.79 Å². The van der Waals surface area contributed by atoms with Gasteiger partial charge < -0.3 is 20.1 Å². The third kappa shape index (κ3) is 11.2. The lowest BCUT2D eigenvalue weighted by molar-refractivity contribution is -0.186. The number of alkyl halides is 4. The number of ether oxygens (including phenoxy) is 1. The summed E-state index contributed by atoms with van der Waals surface area (Å²) >= 11 is 3.10. The van der Waals surface area contributed by atoms with Gasteiger partial charge in [-0.05, 0) is 46.5 Å². The average molecular weight is 435 g/mol. The van der Waals surface area contributed by atoms with Crippen LogP contribution >= 0.6 is 15.9 Å². The van der Waals surface area contributed by atoms with Crippen molar-refractivity contribution in [1.82, 2.24) is 10.2 Å². The molecule has 0 saturated heterocycles. The largest absolute Gasteiger partial charge is 0.471 e. The molecule has 0 saturated carbocycles. The molecular formula is C15H26BrF3N2O4. The Hall–Kier alpha value is -1.03. The normalized spacial score (nSPS) is 13.3. The highest BCUT2D eigenvalue weighted by Crippen LogP contribution is 2.24. The fourth-order valence-electron chi connectivity index (χ4n) is 1.86. The molecule has 2 amide bonds. The molecule has 0 aliphatic carbocycles. The molecule has 0 aromatic carbocycles. The van der Waals surface area contributed by atoms with E-state index >= 15 is 0 Å². The number of aliphatic hydroxyl groups is 1. The van der Waals surface area contributed by atoms with Gasteiger partial charge in [-0.1, -0.05) is 15.9 Å². The fraction of sp³-hybridized carbons (Fsp3) is 0.867. The van der Waals surface area contributed by atoms with Crippen LogP contribution in [0.15, 0.2) is 0 Å². The maximum Gasteiger partial charge on any atom is 0.471 e. The van der Waals surface area contributed by atoms with E-state index < -0.39 is 28.7 Å². The SMILES string of the molecule is CC(C)(C)OC(=O)NCCCC(Br)N(CCCCO)C(=O)C(F)(F)F. The summed E-state index contributed by atoms with van der Waals surface area (Å²) in [5, 5.41) is 11.2. The van der Waals surface area contributed by atoms with Crippen LogP contribution < -0.4 is 5.32 Å². The number of alkyl carbamates (subject to hydrolysis) is 1. The van der Waals surface area contributed by atoms with E-state index in [2.05, 4.69) is 21.2 Å². The Bertz CT molecular complexity index is 428. The van der Waals surface area contributed by atoms with E-state index in [1.807, 2.05) is 0 Å². The number of nitrogens with one attached hydrogen (secondary N) is 1. The number of nitrogens with zero attached hydrogens (tertiary/aromatic N) is 1. The highest BCUT2D eigenvalue weighted by molar-refractivity contribution is 9.09. The number of rotatable bonds is 9. The predicted octanol–water partition coefficient (Wildman–Crippen LogP) is 3.18. The summed E-state index contributed by atoms with van der Waals surface area (Å²) in [6.07, 6.45) is -4.42. The van der Waals surface area contributed by atoms with Gasteiger partial charge in [0.15, 0.2) is 0 Å². The number of aliphatic hydroxyl groups excluding tert-OH is 1. The zero-order valence-electron chi connectivity index (χ0n) is 14.7. The van der Waals surface area contributed by atoms with Crippen LogP contribution in [0.4, 0.5) is 18.0 Å². The summed E-state index contributed by atoms with van der Waals surface area (Å²) in [5.41, 5.74) is -0.634. The first-order valence-corrected chi connectivity index (χ1v) is 8.89. The van der Waals surface area contributed by atoms with E-state index in [1.165, 1.54) is 0 Å². The molecule has 0 aromatic heterocycles. The molecule has 0 spiro atoms. The lowest BCUT2D eigenvalue weighted by Crippen LogP contribution is -2.45. The Balaban J connectivity index is 4.44. The summed E-state index contributed by atoms with van der Waals surface area (Å²) < 4.78 is 43.1. The fourth-order valence-corrected chi connectivity index (χ4v) is 2.57. The third-order valence-corrected chi connectivity index (χ3v) is 3.89. The van der Waals surface area contributed by atoms with Crippen molar-refractivity contribution in [3.8, 4) is 0 Å². The molecular weight excluding hydrogens is 409 g/mol. The maximum atomic E-state index is 12.7. The molecule has 25 heavy (non-hydrogen) atoms. The number of hydrogen-bond donors (Lipinski definition) is 2. The minimum atomic E-state index is -4.96. The standard InChI is InChI=1S/C15H26BrF3N2O4/c1-14(2,3)25-13(24)20-8-6-7-11(16)21(9-4-5-10-22)12(23)15(17,18)19/h11,22H,4-10H2,1-3H3,(H,20,24). The van der Waals surface area contributed by atoms with Crippen molar-refractivity contribution in [2.24, 2.45) is 0 Å². The lowest BCUT2D eigenvalue weighted by atomic mass is 10.2. The van der Waals surface area contributed by atoms with E-state index in [1.54, 1.807) is 20.8 Å². The van der Waals surface area contributed by atoms with E-state index in [-0.39, 0.29) is 32.5 Å². The van der Waals surface area contributed by atoms with Gasteiger partial charge in [-0.2, -0.15) is 13.2 Å². The minimum absolute atomic E-state index is 0.117. The van der Waals surface area contributed by atoms with Crippen molar-refractivity contribution < 1.29 is 32.6 Å². The number of amides is 2. The Morgan fingerprint density at radius 2 is 1.80 bits per heavy atom. The van der Waals surface area contributed by atoms with E-state index in [9.17, 15) is 22.8 Å². The van der Waals surface area contributed by atoms with Crippen molar-refractivity contribution in [2.45, 2.75) is 63.2 Å². The molecule has 0 aliphatic rings. The number of halogens is 4. The van der Waals surface area contributed by atoms with Crippen LogP contribution in [0.3, 0.4) is 0 Å². The van der Waals surface area contributed by atoms with Gasteiger partial charge >= 0.3 is 18.2 Å². The quantitative estimate of drug-likeness (QED) is 0.331. The summed E-state index contributed by atoms with van der Waals surface area (Å²) in [6.45, 7) is 5.09. The molecule has 0 aliphatic heterocycles. The zero-order valence-corrected chi connectivity index (χ0v) is 16.2. The first kappa shape index (κ1) is 24.0. The average Bonchev–Trinajstić information content (AvgIpc) is 2.44. The van der Waals surface area contributed by atoms with Crippen LogP contribution in [-0.2, 0) is 9.53 Å². The number of hydrogen-bond acceptors (Lipinski definition) is 4. The monoisotopic (exact) mass is 434 g/mol. The Labute approximate surface area is 154 Å². The Morgan fingerprint density at radius 1 is 1.20 bits per heavy atom. The van der Waals surface area contributed by atoms with Gasteiger partial charge in [0, 0.05) is 19.7 Å². The molecule has 0 fully saturated rings. The first-order valence-electron chi connectivity index (χ1n) is 7.98. The van der Waals surface area contributed by atoms with Crippen LogP contribution in [0.25, 0.3) is 0 Å². The summed E-state index contributed by atoms with van der Waals surface area (Å²) in [5.74, 6) is -1.92. The van der Waals surface area contributed by atoms with Crippen LogP contribution in [0.1, 0.15) is 46.5 Å². The molecule has 0 radical (unpaired) electrons. The van der Waals surface area contributed by atoms with Gasteiger partial charge in [0.1, 0.15) is 5.60 Å². The molecule has 0 heterocycles. The van der Waals surface area contributed by atoms with Gasteiger partial charge in [0.25, 0.3) is 0 Å². The molecule has 10 heteroatoms. The Kier molecular flexibility index (Phi) is 10.4. The first-order chi connectivity index (χ1) is 11.4. The lowest BCUT2D eigenvalue weighted by Gasteiger charge is -2.28. The van der Waals surface area contributed by atoms with Crippen molar-refractivity contribution in [2.75, 3.05) is 19.7 Å². The minimum Gasteiger partial charge on any atom is -0.444 e. The second kappa shape index (κ2) is 10.8. The topological polar surface area (TPSA) is 78.9 Å². The third-order valence-electron chi connectivity index (χ3n) is 2.94. The van der Waals surface area contributed by atoms with Crippen molar-refractivity contribution in [3.05, 3.63) is 0 Å². The molecule has 0 aromatic rings. The smallest absolute Gasteiger partial charge is 0.444 e. The van der Waals surface area contributed by atoms with E-state index in [0.717, 1.165) is 0 Å². The summed E-state index contributed by atoms with van der Waals surface area (Å²) in [4.78, 5) is 22.9. The molecule has 2 N–H and O–H groups in total. The van der Waals surface area contributed by atoms with Crippen LogP contribution in [-0.4, -0.2) is 58.4 Å². The molecule has 0 bridgehead atoms. The van der Waals surface area contributed by atoms with E-state index in [0.29, 0.717) is 17.7 Å². The van der Waals surface area contributed by atoms with E-state index in [4.69, 9.17) is 9.84 Å². The maximum absolute atomic E-state index is 12.7. The van der Waals surface area contributed by atoms with Crippen LogP contribution in [0.2, 0.25) is 0 Å². The van der Waals surface area contributed by atoms with Crippen LogP contribution in [0, 0.1) is 0 Å². The van der Waals surface area contributed by atoms with Crippen molar-refractivity contribution >= 4 is 27.9 Å². The predicted molar refractivity (Wildman–Crippen MR) is 90.3 cm³/mol. The summed E-state index contributed by atoms with van der Waals surface area (Å²) in [6, 6.07) is 0.